The smallest absolute Gasteiger partial charge is 0.251 e. The van der Waals surface area contributed by atoms with Gasteiger partial charge in [0.1, 0.15) is 6.10 Å². The van der Waals surface area contributed by atoms with Gasteiger partial charge in [-0.3, -0.25) is 9.59 Å². The van der Waals surface area contributed by atoms with Gasteiger partial charge in [-0.05, 0) is 24.3 Å². The number of aliphatic hydroxyl groups is 1. The summed E-state index contributed by atoms with van der Waals surface area (Å²) < 4.78 is 22.4. The molecule has 0 heterocycles. The van der Waals surface area contributed by atoms with Crippen molar-refractivity contribution in [1.82, 2.24) is 5.32 Å². The van der Waals surface area contributed by atoms with E-state index in [9.17, 15) is 18.0 Å². The van der Waals surface area contributed by atoms with Crippen molar-refractivity contribution in [3.05, 3.63) is 29.8 Å². The molecule has 0 fully saturated rings. The fourth-order valence-corrected chi connectivity index (χ4v) is 1.88. The number of nitrogens with one attached hydrogen (secondary N) is 1. The third-order valence-corrected chi connectivity index (χ3v) is 3.46. The topological polar surface area (TPSA) is 127 Å². The zero-order valence-electron chi connectivity index (χ0n) is 10.2. The Morgan fingerprint density at radius 1 is 1.32 bits per heavy atom. The quantitative estimate of drug-likeness (QED) is 0.618. The van der Waals surface area contributed by atoms with Crippen LogP contribution >= 0.6 is 0 Å². The molecule has 1 atom stereocenters. The first-order valence-corrected chi connectivity index (χ1v) is 7.16. The molecule has 4 N–H and O–H groups in total. The predicted octanol–water partition coefficient (Wildman–Crippen LogP) is -1.33. The van der Waals surface area contributed by atoms with Crippen molar-refractivity contribution in [2.24, 2.45) is 5.73 Å². The number of aliphatic hydroxyl groups excluding tert-OH is 1. The summed E-state index contributed by atoms with van der Waals surface area (Å²) in [5.41, 5.74) is 5.03. The summed E-state index contributed by atoms with van der Waals surface area (Å²) in [5.74, 6) is -1.48. The Kier molecular flexibility index (Phi) is 4.62. The molecule has 0 bridgehead atoms. The van der Waals surface area contributed by atoms with Gasteiger partial charge in [-0.1, -0.05) is 0 Å². The van der Waals surface area contributed by atoms with Crippen molar-refractivity contribution in [2.45, 2.75) is 11.0 Å². The van der Waals surface area contributed by atoms with Gasteiger partial charge in [0.15, 0.2) is 9.84 Å². The number of rotatable bonds is 5. The lowest BCUT2D eigenvalue weighted by atomic mass is 10.2. The SMILES string of the molecule is CS(=O)(=O)c1ccc(C(=O)NCC(O)C(N)=O)cc1. The highest BCUT2D eigenvalue weighted by molar-refractivity contribution is 7.90. The summed E-state index contributed by atoms with van der Waals surface area (Å²) in [7, 11) is -3.32. The molecule has 1 rings (SSSR count). The zero-order chi connectivity index (χ0) is 14.6. The Bertz CT molecular complexity index is 580. The molecule has 0 saturated heterocycles. The molecule has 1 aromatic carbocycles. The lowest BCUT2D eigenvalue weighted by Gasteiger charge is -2.08. The van der Waals surface area contributed by atoms with Crippen LogP contribution in [0.4, 0.5) is 0 Å². The van der Waals surface area contributed by atoms with Gasteiger partial charge in [0.25, 0.3) is 5.91 Å². The minimum Gasteiger partial charge on any atom is -0.381 e. The maximum atomic E-state index is 11.6. The van der Waals surface area contributed by atoms with Crippen LogP contribution in [-0.4, -0.2) is 44.2 Å². The normalized spacial score (nSPS) is 12.7. The van der Waals surface area contributed by atoms with Gasteiger partial charge >= 0.3 is 0 Å². The van der Waals surface area contributed by atoms with Crippen LogP contribution in [0.25, 0.3) is 0 Å². The Morgan fingerprint density at radius 2 is 1.84 bits per heavy atom. The largest absolute Gasteiger partial charge is 0.381 e. The summed E-state index contributed by atoms with van der Waals surface area (Å²) in [5, 5.41) is 11.4. The molecule has 1 aromatic rings. The molecule has 0 saturated carbocycles. The molecule has 8 heteroatoms. The number of amides is 2. The summed E-state index contributed by atoms with van der Waals surface area (Å²) in [6.45, 7) is -0.304. The van der Waals surface area contributed by atoms with Gasteiger partial charge in [-0.2, -0.15) is 0 Å². The first-order chi connectivity index (χ1) is 8.71. The van der Waals surface area contributed by atoms with Gasteiger partial charge in [0.2, 0.25) is 5.91 Å². The van der Waals surface area contributed by atoms with Crippen LogP contribution < -0.4 is 11.1 Å². The summed E-state index contributed by atoms with van der Waals surface area (Å²) in [6.07, 6.45) is -0.398. The van der Waals surface area contributed by atoms with Crippen LogP contribution in [0.1, 0.15) is 10.4 Å². The Labute approximate surface area is 110 Å². The minimum atomic E-state index is -3.32. The van der Waals surface area contributed by atoms with Crippen LogP contribution in [0.5, 0.6) is 0 Å². The molecular weight excluding hydrogens is 272 g/mol. The average molecular weight is 286 g/mol. The maximum Gasteiger partial charge on any atom is 0.251 e. The highest BCUT2D eigenvalue weighted by Gasteiger charge is 2.14. The van der Waals surface area contributed by atoms with Crippen molar-refractivity contribution in [3.8, 4) is 0 Å². The molecule has 19 heavy (non-hydrogen) atoms. The third kappa shape index (κ3) is 4.34. The monoisotopic (exact) mass is 286 g/mol. The van der Waals surface area contributed by atoms with Crippen molar-refractivity contribution in [1.29, 1.82) is 0 Å². The third-order valence-electron chi connectivity index (χ3n) is 2.33. The Balaban J connectivity index is 2.71. The first kappa shape index (κ1) is 15.1. The molecule has 2 amide bonds. The number of carbonyl (C=O) groups excluding carboxylic acids is 2. The summed E-state index contributed by atoms with van der Waals surface area (Å²) in [6, 6.07) is 5.27. The number of primary amides is 1. The number of sulfone groups is 1. The molecule has 0 aliphatic heterocycles. The molecule has 1 unspecified atom stereocenters. The van der Waals surface area contributed by atoms with Gasteiger partial charge < -0.3 is 16.2 Å². The van der Waals surface area contributed by atoms with E-state index in [0.717, 1.165) is 6.26 Å². The minimum absolute atomic E-state index is 0.0984. The standard InChI is InChI=1S/C11H14N2O5S/c1-19(17,18)8-4-2-7(3-5-8)11(16)13-6-9(14)10(12)15/h2-5,9,14H,6H2,1H3,(H2,12,15)(H,13,16). The maximum absolute atomic E-state index is 11.6. The van der Waals surface area contributed by atoms with Gasteiger partial charge in [-0.25, -0.2) is 8.42 Å². The number of nitrogens with two attached hydrogens (primary N) is 1. The van der Waals surface area contributed by atoms with Gasteiger partial charge in [0, 0.05) is 11.8 Å². The molecule has 0 radical (unpaired) electrons. The molecular formula is C11H14N2O5S. The average Bonchev–Trinajstić information content (AvgIpc) is 2.34. The second kappa shape index (κ2) is 5.81. The fourth-order valence-electron chi connectivity index (χ4n) is 1.25. The molecule has 0 aliphatic rings. The van der Waals surface area contributed by atoms with Crippen molar-refractivity contribution in [3.63, 3.8) is 0 Å². The van der Waals surface area contributed by atoms with Crippen molar-refractivity contribution in [2.75, 3.05) is 12.8 Å². The van der Waals surface area contributed by atoms with E-state index in [0.29, 0.717) is 0 Å². The highest BCUT2D eigenvalue weighted by atomic mass is 32.2. The van der Waals surface area contributed by atoms with Gasteiger partial charge in [0.05, 0.1) is 11.4 Å². The first-order valence-electron chi connectivity index (χ1n) is 5.27. The van der Waals surface area contributed by atoms with E-state index < -0.39 is 27.8 Å². The molecule has 0 spiro atoms. The molecule has 0 aliphatic carbocycles. The van der Waals surface area contributed by atoms with E-state index in [1.165, 1.54) is 24.3 Å². The number of benzene rings is 1. The van der Waals surface area contributed by atoms with Crippen LogP contribution in [0, 0.1) is 0 Å². The van der Waals surface area contributed by atoms with E-state index in [4.69, 9.17) is 10.8 Å². The molecule has 7 nitrogen and oxygen atoms in total. The van der Waals surface area contributed by atoms with Crippen molar-refractivity contribution >= 4 is 21.7 Å². The van der Waals surface area contributed by atoms with Crippen LogP contribution in [0.15, 0.2) is 29.2 Å². The highest BCUT2D eigenvalue weighted by Crippen LogP contribution is 2.10. The fraction of sp³-hybridized carbons (Fsp3) is 0.273. The molecule has 104 valence electrons. The molecule has 0 aromatic heterocycles. The van der Waals surface area contributed by atoms with Gasteiger partial charge in [-0.15, -0.1) is 0 Å². The van der Waals surface area contributed by atoms with Crippen LogP contribution in [-0.2, 0) is 14.6 Å². The Morgan fingerprint density at radius 3 is 2.26 bits per heavy atom. The lowest BCUT2D eigenvalue weighted by Crippen LogP contribution is -2.39. The summed E-state index contributed by atoms with van der Waals surface area (Å²) in [4.78, 5) is 22.3. The number of hydrogen-bond donors (Lipinski definition) is 3. The Hall–Kier alpha value is -1.93. The zero-order valence-corrected chi connectivity index (χ0v) is 11.0. The van der Waals surface area contributed by atoms with E-state index >= 15 is 0 Å². The second-order valence-corrected chi connectivity index (χ2v) is 5.94. The van der Waals surface area contributed by atoms with E-state index in [-0.39, 0.29) is 17.0 Å². The van der Waals surface area contributed by atoms with Crippen LogP contribution in [0.2, 0.25) is 0 Å². The van der Waals surface area contributed by atoms with E-state index in [2.05, 4.69) is 5.32 Å². The second-order valence-electron chi connectivity index (χ2n) is 3.92. The number of carbonyl (C=O) groups is 2. The predicted molar refractivity (Wildman–Crippen MR) is 67.1 cm³/mol. The van der Waals surface area contributed by atoms with Crippen molar-refractivity contribution < 1.29 is 23.1 Å². The van der Waals surface area contributed by atoms with Crippen LogP contribution in [0.3, 0.4) is 0 Å². The summed E-state index contributed by atoms with van der Waals surface area (Å²) >= 11 is 0. The number of hydrogen-bond acceptors (Lipinski definition) is 5. The lowest BCUT2D eigenvalue weighted by molar-refractivity contribution is -0.125. The van der Waals surface area contributed by atoms with E-state index in [1.807, 2.05) is 0 Å². The van der Waals surface area contributed by atoms with E-state index in [1.54, 1.807) is 0 Å².